The summed E-state index contributed by atoms with van der Waals surface area (Å²) >= 11 is 1.98. The summed E-state index contributed by atoms with van der Waals surface area (Å²) in [4.78, 5) is 17.8. The Kier molecular flexibility index (Phi) is 3.90. The number of thioether (sulfide) groups is 1. The second kappa shape index (κ2) is 5.07. The number of alkyl halides is 3. The van der Waals surface area contributed by atoms with Gasteiger partial charge < -0.3 is 4.90 Å². The van der Waals surface area contributed by atoms with Crippen LogP contribution in [0.3, 0.4) is 0 Å². The first-order valence-corrected chi connectivity index (χ1v) is 7.51. The number of carbonyl (C=O) groups is 1. The third-order valence-corrected chi connectivity index (χ3v) is 5.70. The van der Waals surface area contributed by atoms with Gasteiger partial charge in [0.25, 0.3) is 5.91 Å². The van der Waals surface area contributed by atoms with Gasteiger partial charge >= 0.3 is 6.18 Å². The number of hydrogen-bond acceptors (Lipinski definition) is 4. The quantitative estimate of drug-likeness (QED) is 0.832. The highest BCUT2D eigenvalue weighted by molar-refractivity contribution is 8.16. The maximum atomic E-state index is 13.0. The molecule has 1 aliphatic rings. The molecule has 1 aliphatic heterocycles. The van der Waals surface area contributed by atoms with Crippen LogP contribution in [-0.2, 0) is 4.79 Å². The van der Waals surface area contributed by atoms with Gasteiger partial charge in [-0.1, -0.05) is 17.8 Å². The van der Waals surface area contributed by atoms with Crippen molar-refractivity contribution in [3.8, 4) is 0 Å². The lowest BCUT2D eigenvalue weighted by atomic mass is 10.1. The first-order valence-electron chi connectivity index (χ1n) is 5.82. The molecule has 1 amide bonds. The van der Waals surface area contributed by atoms with E-state index in [4.69, 9.17) is 0 Å². The van der Waals surface area contributed by atoms with Crippen LogP contribution in [-0.4, -0.2) is 33.9 Å². The van der Waals surface area contributed by atoms with Crippen molar-refractivity contribution in [2.45, 2.75) is 30.8 Å². The Balaban J connectivity index is 2.20. The largest absolute Gasteiger partial charge is 0.412 e. The number of rotatable bonds is 2. The highest BCUT2D eigenvalue weighted by Gasteiger charge is 2.61. The van der Waals surface area contributed by atoms with E-state index in [0.717, 1.165) is 11.8 Å². The van der Waals surface area contributed by atoms with Gasteiger partial charge in [-0.15, -0.1) is 11.3 Å². The maximum Gasteiger partial charge on any atom is 0.412 e. The van der Waals surface area contributed by atoms with Gasteiger partial charge in [-0.3, -0.25) is 4.79 Å². The average molecular weight is 322 g/mol. The van der Waals surface area contributed by atoms with Crippen LogP contribution in [0.2, 0.25) is 0 Å². The molecule has 1 unspecified atom stereocenters. The fourth-order valence-electron chi connectivity index (χ4n) is 1.66. The van der Waals surface area contributed by atoms with Gasteiger partial charge in [0.2, 0.25) is 0 Å². The molecule has 0 N–H and O–H groups in total. The number of halogens is 3. The second-order valence-corrected chi connectivity index (χ2v) is 7.00. The molecule has 8 heteroatoms. The molecule has 0 aliphatic carbocycles. The summed E-state index contributed by atoms with van der Waals surface area (Å²) in [7, 11) is 1.64. The normalized spacial score (nSPS) is 24.7. The number of amides is 1. The summed E-state index contributed by atoms with van der Waals surface area (Å²) < 4.78 is 36.4. The van der Waals surface area contributed by atoms with Gasteiger partial charge in [0, 0.05) is 11.9 Å². The number of hydrogen-bond donors (Lipinski definition) is 0. The summed E-state index contributed by atoms with van der Waals surface area (Å²) in [6.45, 7) is 2.74. The molecule has 0 radical (unpaired) electrons. The molecule has 0 spiro atoms. The fourth-order valence-corrected chi connectivity index (χ4v) is 3.53. The summed E-state index contributed by atoms with van der Waals surface area (Å²) in [5, 5.41) is 2.00. The summed E-state index contributed by atoms with van der Waals surface area (Å²) in [6.07, 6.45) is -4.62. The lowest BCUT2D eigenvalue weighted by Gasteiger charge is -2.28. The molecule has 0 saturated heterocycles. The van der Waals surface area contributed by atoms with Crippen molar-refractivity contribution in [2.24, 2.45) is 4.99 Å². The molecule has 0 bridgehead atoms. The van der Waals surface area contributed by atoms with Crippen LogP contribution in [0.15, 0.2) is 22.5 Å². The molecule has 2 heterocycles. The topological polar surface area (TPSA) is 32.7 Å². The Morgan fingerprint density at radius 3 is 2.55 bits per heavy atom. The minimum atomic E-state index is -4.62. The van der Waals surface area contributed by atoms with E-state index in [9.17, 15) is 18.0 Å². The Morgan fingerprint density at radius 1 is 1.45 bits per heavy atom. The van der Waals surface area contributed by atoms with Crippen LogP contribution in [0.4, 0.5) is 13.2 Å². The lowest BCUT2D eigenvalue weighted by molar-refractivity contribution is -0.165. The summed E-state index contributed by atoms with van der Waals surface area (Å²) in [5.74, 6) is -1.14. The maximum absolute atomic E-state index is 13.0. The van der Waals surface area contributed by atoms with E-state index in [-0.39, 0.29) is 11.2 Å². The summed E-state index contributed by atoms with van der Waals surface area (Å²) in [5.41, 5.74) is 0. The Hall–Kier alpha value is -1.02. The zero-order valence-electron chi connectivity index (χ0n) is 11.1. The molecule has 1 aromatic rings. The Labute approximate surface area is 122 Å². The lowest BCUT2D eigenvalue weighted by Crippen LogP contribution is -2.44. The van der Waals surface area contributed by atoms with Crippen molar-refractivity contribution < 1.29 is 18.0 Å². The third kappa shape index (κ3) is 2.46. The van der Waals surface area contributed by atoms with E-state index >= 15 is 0 Å². The van der Waals surface area contributed by atoms with Crippen molar-refractivity contribution in [3.05, 3.63) is 22.4 Å². The molecular formula is C12H13F3N2OS2. The van der Waals surface area contributed by atoms with E-state index in [1.165, 1.54) is 11.3 Å². The Morgan fingerprint density at radius 2 is 2.10 bits per heavy atom. The van der Waals surface area contributed by atoms with Crippen molar-refractivity contribution in [2.75, 3.05) is 7.05 Å². The first-order chi connectivity index (χ1) is 9.17. The number of nitrogens with zero attached hydrogens (tertiary/aromatic N) is 2. The number of amidine groups is 1. The van der Waals surface area contributed by atoms with Gasteiger partial charge in [-0.2, -0.15) is 18.2 Å². The van der Waals surface area contributed by atoms with Crippen LogP contribution in [0.25, 0.3) is 0 Å². The molecule has 3 nitrogen and oxygen atoms in total. The van der Waals surface area contributed by atoms with Gasteiger partial charge in [0.15, 0.2) is 9.91 Å². The van der Waals surface area contributed by atoms with E-state index in [0.29, 0.717) is 11.8 Å². The second-order valence-electron chi connectivity index (χ2n) is 4.63. The van der Waals surface area contributed by atoms with Crippen molar-refractivity contribution in [3.63, 3.8) is 0 Å². The molecule has 0 fully saturated rings. The van der Waals surface area contributed by atoms with Gasteiger partial charge in [-0.05, 0) is 25.3 Å². The molecule has 0 aromatic carbocycles. The smallest absolute Gasteiger partial charge is 0.347 e. The molecule has 2 atom stereocenters. The number of aliphatic imine (C=N–C) groups is 1. The number of thiophene rings is 1. The summed E-state index contributed by atoms with van der Waals surface area (Å²) in [6, 6.07) is 3.64. The zero-order valence-corrected chi connectivity index (χ0v) is 12.7. The Bertz CT molecular complexity index is 541. The van der Waals surface area contributed by atoms with Crippen molar-refractivity contribution in [1.29, 1.82) is 0 Å². The monoisotopic (exact) mass is 322 g/mol. The van der Waals surface area contributed by atoms with Crippen molar-refractivity contribution in [1.82, 2.24) is 4.90 Å². The molecule has 2 rings (SSSR count). The molecule has 20 heavy (non-hydrogen) atoms. The first kappa shape index (κ1) is 15.4. The van der Waals surface area contributed by atoms with Crippen LogP contribution < -0.4 is 0 Å². The van der Waals surface area contributed by atoms with Gasteiger partial charge in [0.1, 0.15) is 0 Å². The minimum absolute atomic E-state index is 0.107. The zero-order chi connectivity index (χ0) is 15.1. The predicted molar refractivity (Wildman–Crippen MR) is 75.0 cm³/mol. The highest BCUT2D eigenvalue weighted by Crippen LogP contribution is 2.47. The van der Waals surface area contributed by atoms with E-state index in [1.54, 1.807) is 11.9 Å². The van der Waals surface area contributed by atoms with Gasteiger partial charge in [-0.25, -0.2) is 0 Å². The van der Waals surface area contributed by atoms with Crippen LogP contribution in [0.1, 0.15) is 24.8 Å². The number of carbonyl (C=O) groups excluding carboxylic acids is 1. The van der Waals surface area contributed by atoms with E-state index in [2.05, 4.69) is 4.99 Å². The van der Waals surface area contributed by atoms with Crippen molar-refractivity contribution >= 4 is 34.2 Å². The minimum Gasteiger partial charge on any atom is -0.347 e. The van der Waals surface area contributed by atoms with Crippen LogP contribution in [0.5, 0.6) is 0 Å². The average Bonchev–Trinajstić information content (AvgIpc) is 2.96. The van der Waals surface area contributed by atoms with Gasteiger partial charge in [0.05, 0.1) is 6.04 Å². The molecule has 1 aromatic heterocycles. The van der Waals surface area contributed by atoms with Crippen LogP contribution >= 0.6 is 23.1 Å². The standard InChI is InChI=1S/C12H13F3N2OS2/c1-7(8-5-4-6-19-8)17(3)10-16-9(18)11(2,20-10)12(13,14)15/h4-7H,1-3H3/t7-,11?/m0/s1. The van der Waals surface area contributed by atoms with Crippen LogP contribution in [0, 0.1) is 0 Å². The van der Waals surface area contributed by atoms with E-state index in [1.807, 2.05) is 24.4 Å². The third-order valence-electron chi connectivity index (χ3n) is 3.28. The molecular weight excluding hydrogens is 309 g/mol. The SMILES string of the molecule is C[C@@H](c1cccs1)N(C)C1=NC(=O)C(C)(C(F)(F)F)S1. The highest BCUT2D eigenvalue weighted by atomic mass is 32.2. The van der Waals surface area contributed by atoms with E-state index < -0.39 is 16.8 Å². The molecule has 110 valence electrons. The molecule has 0 saturated carbocycles. The predicted octanol–water partition coefficient (Wildman–Crippen LogP) is 3.69. The fraction of sp³-hybridized carbons (Fsp3) is 0.500.